The highest BCUT2D eigenvalue weighted by atomic mass is 19.2. The lowest BCUT2D eigenvalue weighted by Gasteiger charge is -2.15. The zero-order valence-corrected chi connectivity index (χ0v) is 14.6. The highest BCUT2D eigenvalue weighted by Gasteiger charge is 2.22. The summed E-state index contributed by atoms with van der Waals surface area (Å²) >= 11 is 0. The Balaban J connectivity index is 1.98. The normalized spacial score (nSPS) is 10.9. The SMILES string of the molecule is Fc1cc(-c2ccccc2-c2ccccc2-c2ccccc2)c(F)c(F)c1F. The van der Waals surface area contributed by atoms with Crippen LogP contribution in [0.5, 0.6) is 0 Å². The molecule has 0 bridgehead atoms. The van der Waals surface area contributed by atoms with Crippen molar-refractivity contribution in [3.05, 3.63) is 108 Å². The minimum absolute atomic E-state index is 0.279. The van der Waals surface area contributed by atoms with Crippen LogP contribution in [-0.4, -0.2) is 0 Å². The van der Waals surface area contributed by atoms with Crippen LogP contribution in [0, 0.1) is 23.3 Å². The third kappa shape index (κ3) is 3.07. The van der Waals surface area contributed by atoms with Crippen molar-refractivity contribution < 1.29 is 17.6 Å². The molecule has 0 fully saturated rings. The van der Waals surface area contributed by atoms with E-state index < -0.39 is 23.3 Å². The fourth-order valence-electron chi connectivity index (χ4n) is 3.31. The summed E-state index contributed by atoms with van der Waals surface area (Å²) in [7, 11) is 0. The third-order valence-corrected chi connectivity index (χ3v) is 4.62. The maximum Gasteiger partial charge on any atom is 0.198 e. The average molecular weight is 378 g/mol. The van der Waals surface area contributed by atoms with Gasteiger partial charge in [-0.05, 0) is 33.9 Å². The molecular formula is C24H14F4. The van der Waals surface area contributed by atoms with Crippen LogP contribution in [0.25, 0.3) is 33.4 Å². The van der Waals surface area contributed by atoms with E-state index in [-0.39, 0.29) is 11.1 Å². The predicted molar refractivity (Wildman–Crippen MR) is 103 cm³/mol. The Morgan fingerprint density at radius 1 is 0.393 bits per heavy atom. The first-order chi connectivity index (χ1) is 13.6. The van der Waals surface area contributed by atoms with Crippen molar-refractivity contribution in [2.24, 2.45) is 0 Å². The van der Waals surface area contributed by atoms with E-state index in [0.717, 1.165) is 16.7 Å². The molecule has 0 saturated heterocycles. The van der Waals surface area contributed by atoms with Crippen LogP contribution < -0.4 is 0 Å². The summed E-state index contributed by atoms with van der Waals surface area (Å²) in [5.74, 6) is -6.48. The van der Waals surface area contributed by atoms with Gasteiger partial charge < -0.3 is 0 Å². The maximum atomic E-state index is 14.5. The molecule has 0 heterocycles. The minimum Gasteiger partial charge on any atom is -0.204 e. The van der Waals surface area contributed by atoms with Gasteiger partial charge in [0.1, 0.15) is 0 Å². The molecule has 4 heteroatoms. The first-order valence-corrected chi connectivity index (χ1v) is 8.65. The second-order valence-electron chi connectivity index (χ2n) is 6.31. The van der Waals surface area contributed by atoms with E-state index in [9.17, 15) is 17.6 Å². The molecule has 4 aromatic carbocycles. The van der Waals surface area contributed by atoms with Gasteiger partial charge in [0.15, 0.2) is 23.3 Å². The van der Waals surface area contributed by atoms with E-state index in [1.165, 1.54) is 0 Å². The molecule has 0 radical (unpaired) electrons. The topological polar surface area (TPSA) is 0 Å². The van der Waals surface area contributed by atoms with Crippen molar-refractivity contribution in [1.82, 2.24) is 0 Å². The first kappa shape index (κ1) is 18.0. The van der Waals surface area contributed by atoms with Gasteiger partial charge in [-0.25, -0.2) is 17.6 Å². The molecular weight excluding hydrogens is 364 g/mol. The zero-order chi connectivity index (χ0) is 19.7. The monoisotopic (exact) mass is 378 g/mol. The number of benzene rings is 4. The lowest BCUT2D eigenvalue weighted by atomic mass is 9.89. The highest BCUT2D eigenvalue weighted by molar-refractivity contribution is 5.91. The maximum absolute atomic E-state index is 14.5. The third-order valence-electron chi connectivity index (χ3n) is 4.62. The Hall–Kier alpha value is -3.40. The zero-order valence-electron chi connectivity index (χ0n) is 14.6. The van der Waals surface area contributed by atoms with Crippen LogP contribution in [0.2, 0.25) is 0 Å². The van der Waals surface area contributed by atoms with Crippen LogP contribution in [0.4, 0.5) is 17.6 Å². The quantitative estimate of drug-likeness (QED) is 0.200. The molecule has 0 aliphatic carbocycles. The van der Waals surface area contributed by atoms with Gasteiger partial charge in [-0.3, -0.25) is 0 Å². The smallest absolute Gasteiger partial charge is 0.198 e. The van der Waals surface area contributed by atoms with Crippen LogP contribution in [0.15, 0.2) is 84.9 Å². The highest BCUT2D eigenvalue weighted by Crippen LogP contribution is 2.39. The summed E-state index contributed by atoms with van der Waals surface area (Å²) in [5, 5.41) is 0. The Kier molecular flexibility index (Phi) is 4.70. The molecule has 0 atom stereocenters. The van der Waals surface area contributed by atoms with Crippen LogP contribution in [-0.2, 0) is 0 Å². The molecule has 0 N–H and O–H groups in total. The van der Waals surface area contributed by atoms with Gasteiger partial charge >= 0.3 is 0 Å². The fourth-order valence-corrected chi connectivity index (χ4v) is 3.31. The minimum atomic E-state index is -1.82. The standard InChI is InChI=1S/C24H14F4/c25-21-14-20(22(26)24(28)23(21)27)19-13-7-6-12-18(19)17-11-5-4-10-16(17)15-8-2-1-3-9-15/h1-14H. The summed E-state index contributed by atoms with van der Waals surface area (Å²) < 4.78 is 55.5. The molecule has 0 aliphatic rings. The number of halogens is 4. The van der Waals surface area contributed by atoms with Crippen molar-refractivity contribution in [2.45, 2.75) is 0 Å². The van der Waals surface area contributed by atoms with Gasteiger partial charge in [0.2, 0.25) is 0 Å². The summed E-state index contributed by atoms with van der Waals surface area (Å²) in [6.45, 7) is 0. The average Bonchev–Trinajstić information content (AvgIpc) is 2.75. The largest absolute Gasteiger partial charge is 0.204 e. The van der Waals surface area contributed by atoms with E-state index in [2.05, 4.69) is 0 Å². The summed E-state index contributed by atoms with van der Waals surface area (Å²) in [6, 6.07) is 24.5. The molecule has 0 saturated carbocycles. The van der Waals surface area contributed by atoms with E-state index in [4.69, 9.17) is 0 Å². The van der Waals surface area contributed by atoms with E-state index >= 15 is 0 Å². The molecule has 0 amide bonds. The molecule has 28 heavy (non-hydrogen) atoms. The lowest BCUT2D eigenvalue weighted by Crippen LogP contribution is -1.99. The van der Waals surface area contributed by atoms with Gasteiger partial charge in [-0.2, -0.15) is 0 Å². The fraction of sp³-hybridized carbons (Fsp3) is 0. The molecule has 0 nitrogen and oxygen atoms in total. The van der Waals surface area contributed by atoms with Gasteiger partial charge in [0.05, 0.1) is 0 Å². The molecule has 0 spiro atoms. The van der Waals surface area contributed by atoms with Gasteiger partial charge in [0, 0.05) is 5.56 Å². The van der Waals surface area contributed by atoms with Crippen LogP contribution in [0.3, 0.4) is 0 Å². The predicted octanol–water partition coefficient (Wildman–Crippen LogP) is 7.24. The molecule has 0 aliphatic heterocycles. The lowest BCUT2D eigenvalue weighted by molar-refractivity contribution is 0.411. The van der Waals surface area contributed by atoms with Crippen molar-refractivity contribution in [3.63, 3.8) is 0 Å². The Bertz CT molecular complexity index is 1150. The van der Waals surface area contributed by atoms with Gasteiger partial charge in [-0.15, -0.1) is 0 Å². The van der Waals surface area contributed by atoms with Crippen molar-refractivity contribution in [2.75, 3.05) is 0 Å². The second kappa shape index (κ2) is 7.31. The number of hydrogen-bond donors (Lipinski definition) is 0. The molecule has 4 rings (SSSR count). The Morgan fingerprint density at radius 2 is 0.857 bits per heavy atom. The van der Waals surface area contributed by atoms with Crippen LogP contribution in [0.1, 0.15) is 0 Å². The molecule has 0 aromatic heterocycles. The molecule has 0 unspecified atom stereocenters. The van der Waals surface area contributed by atoms with Gasteiger partial charge in [0.25, 0.3) is 0 Å². The van der Waals surface area contributed by atoms with Crippen molar-refractivity contribution in [3.8, 4) is 33.4 Å². The second-order valence-corrected chi connectivity index (χ2v) is 6.31. The van der Waals surface area contributed by atoms with E-state index in [0.29, 0.717) is 11.6 Å². The number of rotatable bonds is 3. The molecule has 138 valence electrons. The molecule has 4 aromatic rings. The summed E-state index contributed by atoms with van der Waals surface area (Å²) in [6.07, 6.45) is 0. The van der Waals surface area contributed by atoms with Crippen molar-refractivity contribution in [1.29, 1.82) is 0 Å². The Labute approximate surface area is 159 Å². The van der Waals surface area contributed by atoms with Crippen molar-refractivity contribution >= 4 is 0 Å². The van der Waals surface area contributed by atoms with Crippen LogP contribution >= 0.6 is 0 Å². The summed E-state index contributed by atoms with van der Waals surface area (Å²) in [4.78, 5) is 0. The van der Waals surface area contributed by atoms with E-state index in [1.54, 1.807) is 24.3 Å². The Morgan fingerprint density at radius 3 is 1.46 bits per heavy atom. The first-order valence-electron chi connectivity index (χ1n) is 8.65. The summed E-state index contributed by atoms with van der Waals surface area (Å²) in [5.41, 5.74) is 3.15. The van der Waals surface area contributed by atoms with E-state index in [1.807, 2.05) is 54.6 Å². The number of hydrogen-bond acceptors (Lipinski definition) is 0. The van der Waals surface area contributed by atoms with Gasteiger partial charge in [-0.1, -0.05) is 78.9 Å².